The Hall–Kier alpha value is -2.03. The quantitative estimate of drug-likeness (QED) is 0.785. The highest BCUT2D eigenvalue weighted by Crippen LogP contribution is 2.29. The van der Waals surface area contributed by atoms with E-state index in [9.17, 15) is 10.1 Å². The third kappa shape index (κ3) is 4.19. The van der Waals surface area contributed by atoms with Gasteiger partial charge in [0, 0.05) is 44.3 Å². The Morgan fingerprint density at radius 3 is 2.54 bits per heavy atom. The second-order valence-corrected chi connectivity index (χ2v) is 8.14. The maximum absolute atomic E-state index is 13.2. The van der Waals surface area contributed by atoms with Crippen molar-refractivity contribution in [1.82, 2.24) is 14.4 Å². The van der Waals surface area contributed by atoms with Crippen LogP contribution in [-0.2, 0) is 6.54 Å². The van der Waals surface area contributed by atoms with Gasteiger partial charge < -0.3 is 14.4 Å². The molecule has 0 bridgehead atoms. The van der Waals surface area contributed by atoms with Gasteiger partial charge in [0.2, 0.25) is 0 Å². The third-order valence-electron chi connectivity index (χ3n) is 6.21. The average molecular weight is 401 g/mol. The fourth-order valence-electron chi connectivity index (χ4n) is 4.51. The summed E-state index contributed by atoms with van der Waals surface area (Å²) >= 11 is 0. The Morgan fingerprint density at radius 2 is 1.86 bits per heavy atom. The lowest BCUT2D eigenvalue weighted by Gasteiger charge is -2.32. The third-order valence-corrected chi connectivity index (χ3v) is 6.21. The van der Waals surface area contributed by atoms with Crippen LogP contribution in [0.5, 0.6) is 0 Å². The molecule has 1 aliphatic carbocycles. The molecule has 1 amide bonds. The molecule has 0 spiro atoms. The van der Waals surface area contributed by atoms with E-state index >= 15 is 0 Å². The summed E-state index contributed by atoms with van der Waals surface area (Å²) in [5.74, 6) is 0.798. The molecule has 1 aromatic heterocycles. The molecule has 1 saturated carbocycles. The van der Waals surface area contributed by atoms with Gasteiger partial charge in [-0.15, -0.1) is 12.4 Å². The normalized spacial score (nSPS) is 18.6. The van der Waals surface area contributed by atoms with Gasteiger partial charge in [-0.3, -0.25) is 4.79 Å². The molecular weight excluding hydrogens is 372 g/mol. The lowest BCUT2D eigenvalue weighted by Crippen LogP contribution is -2.47. The van der Waals surface area contributed by atoms with Crippen molar-refractivity contribution in [2.45, 2.75) is 38.6 Å². The van der Waals surface area contributed by atoms with Gasteiger partial charge in [0.25, 0.3) is 5.91 Å². The van der Waals surface area contributed by atoms with Crippen LogP contribution in [0.2, 0.25) is 0 Å². The Labute approximate surface area is 173 Å². The SMILES string of the molecule is CN1CCN(C(=O)c2cn(CC3CCCCC3)c3cc(C#N)ccc23)CC1.Cl. The van der Waals surface area contributed by atoms with Crippen LogP contribution in [0.1, 0.15) is 48.0 Å². The van der Waals surface area contributed by atoms with E-state index < -0.39 is 0 Å². The highest BCUT2D eigenvalue weighted by atomic mass is 35.5. The van der Waals surface area contributed by atoms with Gasteiger partial charge in [-0.1, -0.05) is 25.3 Å². The van der Waals surface area contributed by atoms with Gasteiger partial charge in [-0.25, -0.2) is 0 Å². The smallest absolute Gasteiger partial charge is 0.256 e. The summed E-state index contributed by atoms with van der Waals surface area (Å²) in [5.41, 5.74) is 2.47. The standard InChI is InChI=1S/C22H28N4O.ClH/c1-24-9-11-25(12-10-24)22(27)20-16-26(15-17-5-3-2-4-6-17)21-13-18(14-23)7-8-19(20)21;/h7-8,13,16-17H,2-6,9-12,15H2,1H3;1H. The Bertz CT molecular complexity index is 871. The summed E-state index contributed by atoms with van der Waals surface area (Å²) in [6, 6.07) is 7.97. The molecule has 1 aromatic carbocycles. The molecular formula is C22H29ClN4O. The van der Waals surface area contributed by atoms with Gasteiger partial charge >= 0.3 is 0 Å². The van der Waals surface area contributed by atoms with Gasteiger partial charge in [-0.2, -0.15) is 5.26 Å². The molecule has 1 aliphatic heterocycles. The zero-order valence-corrected chi connectivity index (χ0v) is 17.4. The van der Waals surface area contributed by atoms with Crippen LogP contribution >= 0.6 is 12.4 Å². The van der Waals surface area contributed by atoms with Crippen LogP contribution in [-0.4, -0.2) is 53.5 Å². The van der Waals surface area contributed by atoms with E-state index in [4.69, 9.17) is 0 Å². The number of carbonyl (C=O) groups is 1. The summed E-state index contributed by atoms with van der Waals surface area (Å²) < 4.78 is 2.23. The van der Waals surface area contributed by atoms with Crippen molar-refractivity contribution in [2.75, 3.05) is 33.2 Å². The van der Waals surface area contributed by atoms with E-state index in [2.05, 4.69) is 22.6 Å². The van der Waals surface area contributed by atoms with Crippen LogP contribution in [0.3, 0.4) is 0 Å². The number of aromatic nitrogens is 1. The molecule has 2 fully saturated rings. The summed E-state index contributed by atoms with van der Waals surface area (Å²) in [7, 11) is 2.10. The molecule has 2 heterocycles. The van der Waals surface area contributed by atoms with Crippen molar-refractivity contribution in [3.8, 4) is 6.07 Å². The molecule has 4 rings (SSSR count). The van der Waals surface area contributed by atoms with Crippen LogP contribution in [0.4, 0.5) is 0 Å². The molecule has 0 atom stereocenters. The highest BCUT2D eigenvalue weighted by Gasteiger charge is 2.25. The number of carbonyl (C=O) groups excluding carboxylic acids is 1. The van der Waals surface area contributed by atoms with Crippen LogP contribution < -0.4 is 0 Å². The molecule has 0 radical (unpaired) electrons. The van der Waals surface area contributed by atoms with E-state index in [1.165, 1.54) is 32.1 Å². The van der Waals surface area contributed by atoms with Crippen molar-refractivity contribution < 1.29 is 4.79 Å². The predicted octanol–water partition coefficient (Wildman–Crippen LogP) is 3.90. The molecule has 5 nitrogen and oxygen atoms in total. The summed E-state index contributed by atoms with van der Waals surface area (Å²) in [5, 5.41) is 10.3. The molecule has 0 unspecified atom stereocenters. The number of nitrogens with zero attached hydrogens (tertiary/aromatic N) is 4. The first-order valence-electron chi connectivity index (χ1n) is 10.2. The van der Waals surface area contributed by atoms with Gasteiger partial charge in [0.15, 0.2) is 0 Å². The van der Waals surface area contributed by atoms with Crippen molar-refractivity contribution in [2.24, 2.45) is 5.92 Å². The molecule has 0 N–H and O–H groups in total. The zero-order valence-electron chi connectivity index (χ0n) is 16.6. The largest absolute Gasteiger partial charge is 0.346 e. The van der Waals surface area contributed by atoms with E-state index in [-0.39, 0.29) is 18.3 Å². The summed E-state index contributed by atoms with van der Waals surface area (Å²) in [6.07, 6.45) is 8.52. The van der Waals surface area contributed by atoms with Crippen LogP contribution in [0.25, 0.3) is 10.9 Å². The number of benzene rings is 1. The molecule has 2 aromatic rings. The second-order valence-electron chi connectivity index (χ2n) is 8.14. The van der Waals surface area contributed by atoms with E-state index in [1.807, 2.05) is 29.3 Å². The number of hydrogen-bond donors (Lipinski definition) is 0. The monoisotopic (exact) mass is 400 g/mol. The van der Waals surface area contributed by atoms with Gasteiger partial charge in [0.1, 0.15) is 0 Å². The van der Waals surface area contributed by atoms with Gasteiger partial charge in [0.05, 0.1) is 22.7 Å². The van der Waals surface area contributed by atoms with E-state index in [1.54, 1.807) is 0 Å². The number of hydrogen-bond acceptors (Lipinski definition) is 3. The Kier molecular flexibility index (Phi) is 6.64. The minimum Gasteiger partial charge on any atom is -0.346 e. The number of halogens is 1. The number of likely N-dealkylation sites (N-methyl/N-ethyl adjacent to an activating group) is 1. The molecule has 150 valence electrons. The summed E-state index contributed by atoms with van der Waals surface area (Å²) in [4.78, 5) is 17.4. The first-order chi connectivity index (χ1) is 13.2. The fraction of sp³-hybridized carbons (Fsp3) is 0.545. The second kappa shape index (κ2) is 8.98. The first kappa shape index (κ1) is 20.7. The predicted molar refractivity (Wildman–Crippen MR) is 114 cm³/mol. The Morgan fingerprint density at radius 1 is 1.14 bits per heavy atom. The first-order valence-corrected chi connectivity index (χ1v) is 10.2. The number of fused-ring (bicyclic) bond motifs is 1. The van der Waals surface area contributed by atoms with Gasteiger partial charge in [-0.05, 0) is 37.9 Å². The zero-order chi connectivity index (χ0) is 18.8. The molecule has 6 heteroatoms. The topological polar surface area (TPSA) is 52.3 Å². The van der Waals surface area contributed by atoms with E-state index in [0.29, 0.717) is 11.5 Å². The van der Waals surface area contributed by atoms with Crippen LogP contribution in [0, 0.1) is 17.2 Å². The number of nitriles is 1. The molecule has 28 heavy (non-hydrogen) atoms. The lowest BCUT2D eigenvalue weighted by molar-refractivity contribution is 0.0665. The number of rotatable bonds is 3. The highest BCUT2D eigenvalue weighted by molar-refractivity contribution is 6.07. The molecule has 1 saturated heterocycles. The van der Waals surface area contributed by atoms with Crippen molar-refractivity contribution in [1.29, 1.82) is 5.26 Å². The van der Waals surface area contributed by atoms with Crippen molar-refractivity contribution >= 4 is 29.2 Å². The maximum Gasteiger partial charge on any atom is 0.256 e. The lowest BCUT2D eigenvalue weighted by atomic mass is 9.89. The average Bonchev–Trinajstić information content (AvgIpc) is 3.06. The molecule has 2 aliphatic rings. The fourth-order valence-corrected chi connectivity index (χ4v) is 4.51. The van der Waals surface area contributed by atoms with Crippen molar-refractivity contribution in [3.63, 3.8) is 0 Å². The van der Waals surface area contributed by atoms with Crippen LogP contribution in [0.15, 0.2) is 24.4 Å². The van der Waals surface area contributed by atoms with E-state index in [0.717, 1.165) is 49.2 Å². The minimum atomic E-state index is 0. The van der Waals surface area contributed by atoms with Crippen molar-refractivity contribution in [3.05, 3.63) is 35.5 Å². The Balaban J connectivity index is 0.00000225. The minimum absolute atomic E-state index is 0. The number of amides is 1. The number of piperazine rings is 1. The summed E-state index contributed by atoms with van der Waals surface area (Å²) in [6.45, 7) is 4.35. The maximum atomic E-state index is 13.2.